The van der Waals surface area contributed by atoms with E-state index in [1.165, 1.54) is 6.08 Å². The minimum atomic E-state index is -1.71. The van der Waals surface area contributed by atoms with E-state index in [0.29, 0.717) is 25.7 Å². The molecule has 3 rings (SSSR count). The zero-order chi connectivity index (χ0) is 26.3. The van der Waals surface area contributed by atoms with Crippen molar-refractivity contribution in [1.82, 2.24) is 0 Å². The van der Waals surface area contributed by atoms with Gasteiger partial charge in [0.05, 0.1) is 17.6 Å². The molecule has 1 aliphatic heterocycles. The monoisotopic (exact) mass is 496 g/mol. The SMILES string of the molecule is C=C[C@](C)(O)CC[C@H]1C(C)=CC(=O)[C@@H]2[C@]1(C)CCC[C@]2(C)C(=O)O[C@@H]1O[C@H](CO)[C@@H](O)[C@H](O)[C@H]1O. The second-order valence-corrected chi connectivity index (χ2v) is 11.3. The van der Waals surface area contributed by atoms with Crippen LogP contribution >= 0.6 is 0 Å². The van der Waals surface area contributed by atoms with Gasteiger partial charge in [-0.25, -0.2) is 0 Å². The lowest BCUT2D eigenvalue weighted by molar-refractivity contribution is -0.296. The average Bonchev–Trinajstić information content (AvgIpc) is 2.78. The third kappa shape index (κ3) is 4.99. The molecule has 0 aromatic heterocycles. The van der Waals surface area contributed by atoms with Crippen LogP contribution in [0.4, 0.5) is 0 Å². The molecular formula is C26H40O9. The summed E-state index contributed by atoms with van der Waals surface area (Å²) in [4.78, 5) is 26.9. The molecule has 1 heterocycles. The molecule has 1 saturated heterocycles. The molecule has 0 aromatic rings. The Morgan fingerprint density at radius 2 is 1.91 bits per heavy atom. The zero-order valence-electron chi connectivity index (χ0n) is 21.0. The molecule has 3 aliphatic rings. The number of ether oxygens (including phenoxy) is 2. The van der Waals surface area contributed by atoms with Gasteiger partial charge in [-0.15, -0.1) is 6.58 Å². The first-order chi connectivity index (χ1) is 16.2. The number of aliphatic hydroxyl groups is 5. The van der Waals surface area contributed by atoms with Gasteiger partial charge in [-0.3, -0.25) is 9.59 Å². The van der Waals surface area contributed by atoms with Gasteiger partial charge < -0.3 is 35.0 Å². The van der Waals surface area contributed by atoms with E-state index in [9.17, 15) is 35.1 Å². The highest BCUT2D eigenvalue weighted by molar-refractivity contribution is 5.98. The summed E-state index contributed by atoms with van der Waals surface area (Å²) >= 11 is 0. The number of esters is 1. The lowest BCUT2D eigenvalue weighted by Gasteiger charge is -2.55. The summed E-state index contributed by atoms with van der Waals surface area (Å²) in [5.74, 6) is -1.64. The Hall–Kier alpha value is -1.62. The van der Waals surface area contributed by atoms with Crippen molar-refractivity contribution in [1.29, 1.82) is 0 Å². The predicted octanol–water partition coefficient (Wildman–Crippen LogP) is 1.00. The summed E-state index contributed by atoms with van der Waals surface area (Å²) in [5.41, 5.74) is -1.92. The average molecular weight is 497 g/mol. The van der Waals surface area contributed by atoms with Crippen LogP contribution in [0.25, 0.3) is 0 Å². The lowest BCUT2D eigenvalue weighted by atomic mass is 9.47. The van der Waals surface area contributed by atoms with Crippen LogP contribution in [0, 0.1) is 22.7 Å². The summed E-state index contributed by atoms with van der Waals surface area (Å²) in [6.45, 7) is 10.3. The van der Waals surface area contributed by atoms with Gasteiger partial charge in [-0.2, -0.15) is 0 Å². The number of rotatable bonds is 7. The van der Waals surface area contributed by atoms with E-state index >= 15 is 0 Å². The molecule has 1 saturated carbocycles. The maximum Gasteiger partial charge on any atom is 0.314 e. The summed E-state index contributed by atoms with van der Waals surface area (Å²) in [6.07, 6.45) is -1.83. The Kier molecular flexibility index (Phi) is 8.01. The fraction of sp³-hybridized carbons (Fsp3) is 0.769. The molecule has 0 bridgehead atoms. The van der Waals surface area contributed by atoms with Crippen LogP contribution < -0.4 is 0 Å². The third-order valence-corrected chi connectivity index (χ3v) is 8.63. The Bertz CT molecular complexity index is 865. The second kappa shape index (κ2) is 10.0. The van der Waals surface area contributed by atoms with Gasteiger partial charge in [0.2, 0.25) is 6.29 Å². The number of ketones is 1. The minimum absolute atomic E-state index is 0.0451. The molecule has 9 heteroatoms. The molecule has 0 unspecified atom stereocenters. The van der Waals surface area contributed by atoms with E-state index in [0.717, 1.165) is 12.0 Å². The molecule has 2 fully saturated rings. The van der Waals surface area contributed by atoms with Gasteiger partial charge in [0.15, 0.2) is 5.78 Å². The maximum absolute atomic E-state index is 13.6. The third-order valence-electron chi connectivity index (χ3n) is 8.63. The highest BCUT2D eigenvalue weighted by atomic mass is 16.7. The Balaban J connectivity index is 1.89. The van der Waals surface area contributed by atoms with E-state index in [2.05, 4.69) is 6.58 Å². The quantitative estimate of drug-likeness (QED) is 0.257. The first-order valence-corrected chi connectivity index (χ1v) is 12.3. The van der Waals surface area contributed by atoms with Crippen molar-refractivity contribution in [2.24, 2.45) is 22.7 Å². The molecule has 0 spiro atoms. The van der Waals surface area contributed by atoms with Crippen LogP contribution in [0.2, 0.25) is 0 Å². The highest BCUT2D eigenvalue weighted by Crippen LogP contribution is 2.60. The van der Waals surface area contributed by atoms with Crippen LogP contribution in [0.3, 0.4) is 0 Å². The molecule has 0 radical (unpaired) electrons. The van der Waals surface area contributed by atoms with E-state index in [1.54, 1.807) is 19.9 Å². The fourth-order valence-electron chi connectivity index (χ4n) is 6.52. The van der Waals surface area contributed by atoms with Gasteiger partial charge in [-0.1, -0.05) is 25.0 Å². The molecule has 5 N–H and O–H groups in total. The van der Waals surface area contributed by atoms with E-state index < -0.39 is 65.6 Å². The Morgan fingerprint density at radius 1 is 1.26 bits per heavy atom. The number of allylic oxidation sites excluding steroid dienone is 2. The number of hydrogen-bond donors (Lipinski definition) is 5. The van der Waals surface area contributed by atoms with Crippen molar-refractivity contribution >= 4 is 11.8 Å². The summed E-state index contributed by atoms with van der Waals surface area (Å²) in [6, 6.07) is 0. The number of carbonyl (C=O) groups is 2. The van der Waals surface area contributed by atoms with Crippen LogP contribution in [0.5, 0.6) is 0 Å². The van der Waals surface area contributed by atoms with Crippen molar-refractivity contribution in [3.63, 3.8) is 0 Å². The molecule has 0 aromatic carbocycles. The first-order valence-electron chi connectivity index (χ1n) is 12.3. The normalized spacial score (nSPS) is 43.5. The Labute approximate surface area is 206 Å². The van der Waals surface area contributed by atoms with Crippen LogP contribution in [-0.4, -0.2) is 80.2 Å². The van der Waals surface area contributed by atoms with Crippen molar-refractivity contribution in [2.45, 2.75) is 96.1 Å². The van der Waals surface area contributed by atoms with Crippen molar-refractivity contribution < 1.29 is 44.6 Å². The van der Waals surface area contributed by atoms with Gasteiger partial charge in [0.1, 0.15) is 24.4 Å². The molecule has 198 valence electrons. The molecular weight excluding hydrogens is 456 g/mol. The van der Waals surface area contributed by atoms with Gasteiger partial charge in [0, 0.05) is 5.92 Å². The van der Waals surface area contributed by atoms with Crippen molar-refractivity contribution in [3.05, 3.63) is 24.3 Å². The standard InChI is InChI=1S/C26H40O9/c1-6-24(3,33)11-8-15-14(2)12-16(28)21-25(15,4)9-7-10-26(21,5)23(32)35-22-20(31)19(30)18(29)17(13-27)34-22/h6,12,15,17-22,27,29-31,33H,1,7-11,13H2,2-5H3/t15-,17+,18+,19-,20+,21+,22-,24-,25+,26-/m0/s1. The van der Waals surface area contributed by atoms with Gasteiger partial charge in [-0.05, 0) is 63.9 Å². The summed E-state index contributed by atoms with van der Waals surface area (Å²) < 4.78 is 10.9. The van der Waals surface area contributed by atoms with Crippen molar-refractivity contribution in [2.75, 3.05) is 6.61 Å². The van der Waals surface area contributed by atoms with E-state index in [-0.39, 0.29) is 11.7 Å². The molecule has 9 nitrogen and oxygen atoms in total. The molecule has 0 amide bonds. The first kappa shape index (κ1) is 28.0. The maximum atomic E-state index is 13.6. The minimum Gasteiger partial charge on any atom is -0.432 e. The number of carbonyl (C=O) groups excluding carboxylic acids is 2. The highest BCUT2D eigenvalue weighted by Gasteiger charge is 2.61. The largest absolute Gasteiger partial charge is 0.432 e. The smallest absolute Gasteiger partial charge is 0.314 e. The zero-order valence-corrected chi connectivity index (χ0v) is 21.0. The van der Waals surface area contributed by atoms with E-state index in [4.69, 9.17) is 9.47 Å². The predicted molar refractivity (Wildman–Crippen MR) is 126 cm³/mol. The van der Waals surface area contributed by atoms with Gasteiger partial charge >= 0.3 is 5.97 Å². The van der Waals surface area contributed by atoms with Gasteiger partial charge in [0.25, 0.3) is 0 Å². The lowest BCUT2D eigenvalue weighted by Crippen LogP contribution is -2.61. The molecule has 10 atom stereocenters. The van der Waals surface area contributed by atoms with Crippen LogP contribution in [0.15, 0.2) is 24.3 Å². The number of hydrogen-bond acceptors (Lipinski definition) is 9. The number of aliphatic hydroxyl groups excluding tert-OH is 4. The number of fused-ring (bicyclic) bond motifs is 1. The van der Waals surface area contributed by atoms with Crippen molar-refractivity contribution in [3.8, 4) is 0 Å². The topological polar surface area (TPSA) is 154 Å². The fourth-order valence-corrected chi connectivity index (χ4v) is 6.52. The molecule has 35 heavy (non-hydrogen) atoms. The summed E-state index contributed by atoms with van der Waals surface area (Å²) in [5, 5.41) is 50.3. The summed E-state index contributed by atoms with van der Waals surface area (Å²) in [7, 11) is 0. The van der Waals surface area contributed by atoms with E-state index in [1.807, 2.05) is 13.8 Å². The Morgan fingerprint density at radius 3 is 2.51 bits per heavy atom. The van der Waals surface area contributed by atoms with Crippen LogP contribution in [0.1, 0.15) is 59.8 Å². The van der Waals surface area contributed by atoms with Crippen LogP contribution in [-0.2, 0) is 19.1 Å². The molecule has 2 aliphatic carbocycles. The second-order valence-electron chi connectivity index (χ2n) is 11.3.